The van der Waals surface area contributed by atoms with Gasteiger partial charge in [0, 0.05) is 6.07 Å². The topological polar surface area (TPSA) is 89.4 Å². The van der Waals surface area contributed by atoms with Gasteiger partial charge in [-0.15, -0.1) is 12.4 Å². The maximum atomic E-state index is 13.1. The predicted octanol–water partition coefficient (Wildman–Crippen LogP) is 1.78. The fraction of sp³-hybridized carbons (Fsp3) is 0.333. The molecule has 9 heteroatoms. The van der Waals surface area contributed by atoms with Crippen molar-refractivity contribution in [2.75, 3.05) is 6.61 Å². The number of halogens is 4. The third-order valence-electron chi connectivity index (χ3n) is 2.19. The van der Waals surface area contributed by atoms with Crippen LogP contribution in [-0.4, -0.2) is 22.6 Å². The van der Waals surface area contributed by atoms with E-state index in [4.69, 9.17) is 10.8 Å². The van der Waals surface area contributed by atoms with E-state index in [1.54, 1.807) is 0 Å². The molecule has 1 rings (SSSR count). The summed E-state index contributed by atoms with van der Waals surface area (Å²) >= 11 is 0. The Labute approximate surface area is 106 Å². The Kier molecular flexibility index (Phi) is 5.53. The summed E-state index contributed by atoms with van der Waals surface area (Å²) in [5, 5.41) is 19.0. The Balaban J connectivity index is 0.00000289. The molecule has 1 atom stereocenters. The summed E-state index contributed by atoms with van der Waals surface area (Å²) in [4.78, 5) is 9.63. The zero-order valence-electron chi connectivity index (χ0n) is 8.85. The Hall–Kier alpha value is -1.38. The van der Waals surface area contributed by atoms with E-state index >= 15 is 0 Å². The van der Waals surface area contributed by atoms with Crippen LogP contribution < -0.4 is 5.73 Å². The van der Waals surface area contributed by atoms with Crippen LogP contribution in [0.5, 0.6) is 0 Å². The fourth-order valence-electron chi connectivity index (χ4n) is 1.27. The summed E-state index contributed by atoms with van der Waals surface area (Å²) in [6.45, 7) is -1.58. The smallest absolute Gasteiger partial charge is 0.289 e. The van der Waals surface area contributed by atoms with E-state index in [2.05, 4.69) is 0 Å². The predicted molar refractivity (Wildman–Crippen MR) is 59.3 cm³/mol. The number of nitrogens with zero attached hydrogens (tertiary/aromatic N) is 1. The van der Waals surface area contributed by atoms with Crippen molar-refractivity contribution >= 4 is 18.1 Å². The molecule has 0 spiro atoms. The van der Waals surface area contributed by atoms with Gasteiger partial charge in [-0.05, 0) is 12.1 Å². The highest BCUT2D eigenvalue weighted by Gasteiger charge is 2.40. The number of rotatable bonds is 4. The lowest BCUT2D eigenvalue weighted by molar-refractivity contribution is -0.386. The lowest BCUT2D eigenvalue weighted by Crippen LogP contribution is -2.36. The van der Waals surface area contributed by atoms with Gasteiger partial charge in [0.1, 0.15) is 18.5 Å². The van der Waals surface area contributed by atoms with E-state index in [1.165, 1.54) is 0 Å². The quantitative estimate of drug-likeness (QED) is 0.652. The van der Waals surface area contributed by atoms with Gasteiger partial charge in [-0.3, -0.25) is 10.1 Å². The largest absolute Gasteiger partial charge is 0.390 e. The minimum Gasteiger partial charge on any atom is -0.390 e. The molecular weight excluding hydrogens is 277 g/mol. The number of nitro benzene ring substituents is 1. The molecule has 0 bridgehead atoms. The van der Waals surface area contributed by atoms with E-state index in [0.717, 1.165) is 12.1 Å². The average Bonchev–Trinajstić information content (AvgIpc) is 2.27. The van der Waals surface area contributed by atoms with Crippen LogP contribution >= 0.6 is 12.4 Å². The molecule has 0 amide bonds. The van der Waals surface area contributed by atoms with Crippen molar-refractivity contribution in [1.82, 2.24) is 0 Å². The second-order valence-corrected chi connectivity index (χ2v) is 3.36. The highest BCUT2D eigenvalue weighted by atomic mass is 35.5. The van der Waals surface area contributed by atoms with Crippen LogP contribution in [0.3, 0.4) is 0 Å². The number of alkyl halides is 2. The van der Waals surface area contributed by atoms with Crippen molar-refractivity contribution in [1.29, 1.82) is 0 Å². The summed E-state index contributed by atoms with van der Waals surface area (Å²) in [5.41, 5.74) is 3.74. The summed E-state index contributed by atoms with van der Waals surface area (Å²) in [6.07, 6.45) is 0. The van der Waals surface area contributed by atoms with Gasteiger partial charge < -0.3 is 10.8 Å². The summed E-state index contributed by atoms with van der Waals surface area (Å²) < 4.78 is 39.1. The third-order valence-corrected chi connectivity index (χ3v) is 2.19. The van der Waals surface area contributed by atoms with Gasteiger partial charge in [0.25, 0.3) is 11.6 Å². The number of hydrogen-bond acceptors (Lipinski definition) is 4. The Bertz CT molecular complexity index is 445. The Morgan fingerprint density at radius 2 is 2.06 bits per heavy atom. The molecule has 0 aliphatic heterocycles. The van der Waals surface area contributed by atoms with Gasteiger partial charge in [0.15, 0.2) is 0 Å². The molecule has 0 unspecified atom stereocenters. The van der Waals surface area contributed by atoms with Crippen molar-refractivity contribution < 1.29 is 23.2 Å². The maximum Gasteiger partial charge on any atom is 0.289 e. The number of hydrogen-bond donors (Lipinski definition) is 2. The van der Waals surface area contributed by atoms with Crippen LogP contribution in [0.1, 0.15) is 11.6 Å². The molecule has 5 nitrogen and oxygen atoms in total. The highest BCUT2D eigenvalue weighted by molar-refractivity contribution is 5.85. The van der Waals surface area contributed by atoms with Crippen LogP contribution in [0.2, 0.25) is 0 Å². The maximum absolute atomic E-state index is 13.1. The molecule has 0 saturated carbocycles. The summed E-state index contributed by atoms with van der Waals surface area (Å²) in [6, 6.07) is -0.0703. The van der Waals surface area contributed by atoms with Crippen LogP contribution in [-0.2, 0) is 0 Å². The van der Waals surface area contributed by atoms with Crippen LogP contribution in [0.15, 0.2) is 18.2 Å². The number of aliphatic hydroxyl groups excluding tert-OH is 1. The molecule has 0 aromatic heterocycles. The molecule has 0 saturated heterocycles. The lowest BCUT2D eigenvalue weighted by atomic mass is 10.00. The monoisotopic (exact) mass is 286 g/mol. The number of aliphatic hydroxyl groups is 1. The molecule has 3 N–H and O–H groups in total. The van der Waals surface area contributed by atoms with Crippen molar-refractivity contribution in [2.24, 2.45) is 5.73 Å². The van der Waals surface area contributed by atoms with Crippen LogP contribution in [0.4, 0.5) is 18.9 Å². The molecule has 0 aliphatic carbocycles. The lowest BCUT2D eigenvalue weighted by Gasteiger charge is -2.21. The van der Waals surface area contributed by atoms with Gasteiger partial charge in [0.2, 0.25) is 0 Å². The second kappa shape index (κ2) is 5.98. The molecule has 102 valence electrons. The van der Waals surface area contributed by atoms with E-state index in [0.29, 0.717) is 6.07 Å². The van der Waals surface area contributed by atoms with Gasteiger partial charge in [-0.1, -0.05) is 0 Å². The van der Waals surface area contributed by atoms with E-state index < -0.39 is 40.6 Å². The molecule has 0 aliphatic rings. The first-order valence-electron chi connectivity index (χ1n) is 4.47. The highest BCUT2D eigenvalue weighted by Crippen LogP contribution is 2.34. The normalized spacial score (nSPS) is 12.7. The van der Waals surface area contributed by atoms with Gasteiger partial charge >= 0.3 is 0 Å². The van der Waals surface area contributed by atoms with E-state index in [1.807, 2.05) is 0 Å². The van der Waals surface area contributed by atoms with Crippen molar-refractivity contribution in [2.45, 2.75) is 12.0 Å². The summed E-state index contributed by atoms with van der Waals surface area (Å²) in [7, 11) is 0. The molecule has 0 radical (unpaired) electrons. The van der Waals surface area contributed by atoms with Crippen molar-refractivity contribution in [3.05, 3.63) is 39.7 Å². The zero-order chi connectivity index (χ0) is 13.2. The first-order valence-corrected chi connectivity index (χ1v) is 4.47. The van der Waals surface area contributed by atoms with E-state index in [-0.39, 0.29) is 12.4 Å². The van der Waals surface area contributed by atoms with E-state index in [9.17, 15) is 23.3 Å². The number of nitrogens with two attached hydrogens (primary N) is 1. The molecular formula is C9H10ClF3N2O3. The minimum absolute atomic E-state index is 0. The second-order valence-electron chi connectivity index (χ2n) is 3.36. The third kappa shape index (κ3) is 3.31. The van der Waals surface area contributed by atoms with Gasteiger partial charge in [-0.2, -0.15) is 0 Å². The standard InChI is InChI=1S/C9H9F3N2O3.ClH/c10-5-1-2-7(14(16)17)6(3-5)8(13)9(11,12)4-15;/h1-3,8,15H,4,13H2;1H/t8-;/m1./s1. The fourth-order valence-corrected chi connectivity index (χ4v) is 1.27. The van der Waals surface area contributed by atoms with Crippen LogP contribution in [0, 0.1) is 15.9 Å². The molecule has 18 heavy (non-hydrogen) atoms. The first kappa shape index (κ1) is 16.6. The Morgan fingerprint density at radius 1 is 1.50 bits per heavy atom. The first-order chi connectivity index (χ1) is 7.79. The van der Waals surface area contributed by atoms with Gasteiger partial charge in [0.05, 0.1) is 10.5 Å². The molecule has 1 aromatic carbocycles. The summed E-state index contributed by atoms with van der Waals surface area (Å²) in [5.74, 6) is -4.69. The minimum atomic E-state index is -3.77. The average molecular weight is 287 g/mol. The molecule has 0 heterocycles. The van der Waals surface area contributed by atoms with Crippen LogP contribution in [0.25, 0.3) is 0 Å². The molecule has 1 aromatic rings. The number of benzene rings is 1. The van der Waals surface area contributed by atoms with Crippen molar-refractivity contribution in [3.8, 4) is 0 Å². The van der Waals surface area contributed by atoms with Crippen molar-refractivity contribution in [3.63, 3.8) is 0 Å². The number of nitro groups is 1. The zero-order valence-corrected chi connectivity index (χ0v) is 9.66. The van der Waals surface area contributed by atoms with Gasteiger partial charge in [-0.25, -0.2) is 13.2 Å². The molecule has 0 fully saturated rings. The Morgan fingerprint density at radius 3 is 2.50 bits per heavy atom. The SMILES string of the molecule is Cl.N[C@H](c1cc(F)ccc1[N+](=O)[O-])C(F)(F)CO.